The van der Waals surface area contributed by atoms with Gasteiger partial charge >= 0.3 is 0 Å². The van der Waals surface area contributed by atoms with Gasteiger partial charge in [0.25, 0.3) is 5.69 Å². The van der Waals surface area contributed by atoms with Crippen LogP contribution in [0.25, 0.3) is 17.3 Å². The summed E-state index contributed by atoms with van der Waals surface area (Å²) in [5, 5.41) is 20.2. The zero-order valence-corrected chi connectivity index (χ0v) is 13.0. The summed E-state index contributed by atoms with van der Waals surface area (Å²) in [5.41, 5.74) is 2.46. The molecule has 0 atom stereocenters. The SMILES string of the molecule is O=C(/C=C/c1ccc([N+](=O)[O-])cc1)Nc1cc(-c2ccccc2)[nH]n1. The first-order valence-corrected chi connectivity index (χ1v) is 7.46. The lowest BCUT2D eigenvalue weighted by molar-refractivity contribution is -0.384. The highest BCUT2D eigenvalue weighted by Gasteiger charge is 2.06. The molecule has 1 aromatic heterocycles. The van der Waals surface area contributed by atoms with E-state index in [-0.39, 0.29) is 11.6 Å². The minimum Gasteiger partial charge on any atom is -0.306 e. The number of nitrogens with zero attached hydrogens (tertiary/aromatic N) is 2. The van der Waals surface area contributed by atoms with E-state index in [4.69, 9.17) is 0 Å². The number of carbonyl (C=O) groups is 1. The molecule has 0 aliphatic rings. The van der Waals surface area contributed by atoms with E-state index in [1.54, 1.807) is 24.3 Å². The number of amides is 1. The van der Waals surface area contributed by atoms with E-state index in [2.05, 4.69) is 15.5 Å². The van der Waals surface area contributed by atoms with Crippen molar-refractivity contribution in [1.82, 2.24) is 10.2 Å². The summed E-state index contributed by atoms with van der Waals surface area (Å²) in [4.78, 5) is 22.1. The standard InChI is InChI=1S/C18H14N4O3/c23-18(11-8-13-6-9-15(10-7-13)22(24)25)19-17-12-16(20-21-17)14-4-2-1-3-5-14/h1-12H,(H2,19,20,21,23)/b11-8+. The number of hydrogen-bond donors (Lipinski definition) is 2. The van der Waals surface area contributed by atoms with Crippen LogP contribution in [0.3, 0.4) is 0 Å². The predicted octanol–water partition coefficient (Wildman–Crippen LogP) is 3.64. The molecule has 0 spiro atoms. The number of benzene rings is 2. The van der Waals surface area contributed by atoms with Gasteiger partial charge in [-0.05, 0) is 29.3 Å². The maximum absolute atomic E-state index is 11.9. The second-order valence-electron chi connectivity index (χ2n) is 5.20. The second kappa shape index (κ2) is 7.22. The monoisotopic (exact) mass is 334 g/mol. The van der Waals surface area contributed by atoms with Gasteiger partial charge in [0, 0.05) is 24.3 Å². The lowest BCUT2D eigenvalue weighted by Gasteiger charge is -1.96. The number of anilines is 1. The van der Waals surface area contributed by atoms with Crippen molar-refractivity contribution < 1.29 is 9.72 Å². The molecule has 2 N–H and O–H groups in total. The number of nitrogens with one attached hydrogen (secondary N) is 2. The average molecular weight is 334 g/mol. The number of nitro groups is 1. The first-order chi connectivity index (χ1) is 12.1. The third-order valence-electron chi connectivity index (χ3n) is 3.44. The Morgan fingerprint density at radius 3 is 2.52 bits per heavy atom. The topological polar surface area (TPSA) is 101 Å². The molecule has 3 aromatic rings. The molecule has 124 valence electrons. The summed E-state index contributed by atoms with van der Waals surface area (Å²) in [6.45, 7) is 0. The zero-order valence-electron chi connectivity index (χ0n) is 13.0. The van der Waals surface area contributed by atoms with Crippen LogP contribution in [0.4, 0.5) is 11.5 Å². The van der Waals surface area contributed by atoms with Gasteiger partial charge < -0.3 is 5.32 Å². The normalized spacial score (nSPS) is 10.7. The van der Waals surface area contributed by atoms with Crippen molar-refractivity contribution in [2.45, 2.75) is 0 Å². The Bertz CT molecular complexity index is 915. The largest absolute Gasteiger partial charge is 0.306 e. The molecule has 0 bridgehead atoms. The van der Waals surface area contributed by atoms with Crippen LogP contribution in [-0.2, 0) is 4.79 Å². The number of hydrogen-bond acceptors (Lipinski definition) is 4. The highest BCUT2D eigenvalue weighted by atomic mass is 16.6. The summed E-state index contributed by atoms with van der Waals surface area (Å²) in [6.07, 6.45) is 2.92. The van der Waals surface area contributed by atoms with Gasteiger partial charge in [0.1, 0.15) is 0 Å². The molecule has 0 aliphatic carbocycles. The van der Waals surface area contributed by atoms with Crippen LogP contribution in [0.5, 0.6) is 0 Å². The number of rotatable bonds is 5. The zero-order chi connectivity index (χ0) is 17.6. The Morgan fingerprint density at radius 2 is 1.84 bits per heavy atom. The molecule has 1 heterocycles. The molecule has 25 heavy (non-hydrogen) atoms. The van der Waals surface area contributed by atoms with Crippen LogP contribution in [-0.4, -0.2) is 21.0 Å². The Morgan fingerprint density at radius 1 is 1.12 bits per heavy atom. The Labute approximate surface area is 143 Å². The number of non-ortho nitro benzene ring substituents is 1. The minimum absolute atomic E-state index is 0.00608. The summed E-state index contributed by atoms with van der Waals surface area (Å²) < 4.78 is 0. The van der Waals surface area contributed by atoms with Crippen molar-refractivity contribution >= 4 is 23.5 Å². The Balaban J connectivity index is 1.63. The van der Waals surface area contributed by atoms with Gasteiger partial charge in [-0.2, -0.15) is 5.10 Å². The summed E-state index contributed by atoms with van der Waals surface area (Å²) in [7, 11) is 0. The van der Waals surface area contributed by atoms with Crippen LogP contribution in [0.2, 0.25) is 0 Å². The van der Waals surface area contributed by atoms with Crippen molar-refractivity contribution in [3.63, 3.8) is 0 Å². The van der Waals surface area contributed by atoms with Crippen molar-refractivity contribution in [3.8, 4) is 11.3 Å². The van der Waals surface area contributed by atoms with Gasteiger partial charge in [0.15, 0.2) is 5.82 Å². The molecule has 0 unspecified atom stereocenters. The number of aromatic amines is 1. The van der Waals surface area contributed by atoms with Gasteiger partial charge in [0.2, 0.25) is 5.91 Å². The molecule has 7 heteroatoms. The highest BCUT2D eigenvalue weighted by Crippen LogP contribution is 2.19. The third kappa shape index (κ3) is 4.17. The number of nitro benzene ring substituents is 1. The minimum atomic E-state index is -0.470. The number of aromatic nitrogens is 2. The van der Waals surface area contributed by atoms with Crippen LogP contribution in [0, 0.1) is 10.1 Å². The van der Waals surface area contributed by atoms with Crippen LogP contribution >= 0.6 is 0 Å². The summed E-state index contributed by atoms with van der Waals surface area (Å²) in [6, 6.07) is 17.3. The average Bonchev–Trinajstić information content (AvgIpc) is 3.09. The maximum atomic E-state index is 11.9. The van der Waals surface area contributed by atoms with Gasteiger partial charge in [-0.1, -0.05) is 30.3 Å². The van der Waals surface area contributed by atoms with E-state index in [1.165, 1.54) is 18.2 Å². The molecular weight excluding hydrogens is 320 g/mol. The third-order valence-corrected chi connectivity index (χ3v) is 3.44. The number of H-pyrrole nitrogens is 1. The van der Waals surface area contributed by atoms with E-state index >= 15 is 0 Å². The van der Waals surface area contributed by atoms with Gasteiger partial charge in [-0.3, -0.25) is 20.0 Å². The van der Waals surface area contributed by atoms with Gasteiger partial charge in [-0.25, -0.2) is 0 Å². The molecule has 1 amide bonds. The Kier molecular flexibility index (Phi) is 4.66. The summed E-state index contributed by atoms with van der Waals surface area (Å²) in [5.74, 6) is 0.0710. The van der Waals surface area contributed by atoms with Crippen LogP contribution in [0.1, 0.15) is 5.56 Å². The second-order valence-corrected chi connectivity index (χ2v) is 5.20. The molecule has 2 aromatic carbocycles. The van der Waals surface area contributed by atoms with E-state index in [0.29, 0.717) is 11.4 Å². The van der Waals surface area contributed by atoms with Crippen molar-refractivity contribution in [3.05, 3.63) is 82.4 Å². The quantitative estimate of drug-likeness (QED) is 0.422. The van der Waals surface area contributed by atoms with Gasteiger partial charge in [0.05, 0.1) is 10.6 Å². The highest BCUT2D eigenvalue weighted by molar-refractivity contribution is 6.01. The van der Waals surface area contributed by atoms with Crippen LogP contribution < -0.4 is 5.32 Å². The molecule has 0 aliphatic heterocycles. The Hall–Kier alpha value is -3.74. The van der Waals surface area contributed by atoms with Crippen molar-refractivity contribution in [1.29, 1.82) is 0 Å². The molecular formula is C18H14N4O3. The molecule has 3 rings (SSSR count). The molecule has 0 fully saturated rings. The fraction of sp³-hybridized carbons (Fsp3) is 0. The fourth-order valence-corrected chi connectivity index (χ4v) is 2.20. The molecule has 7 nitrogen and oxygen atoms in total. The van der Waals surface area contributed by atoms with E-state index in [0.717, 1.165) is 11.3 Å². The van der Waals surface area contributed by atoms with Crippen molar-refractivity contribution in [2.24, 2.45) is 0 Å². The van der Waals surface area contributed by atoms with E-state index < -0.39 is 4.92 Å². The predicted molar refractivity (Wildman–Crippen MR) is 94.8 cm³/mol. The summed E-state index contributed by atoms with van der Waals surface area (Å²) >= 11 is 0. The molecule has 0 saturated carbocycles. The van der Waals surface area contributed by atoms with Crippen molar-refractivity contribution in [2.75, 3.05) is 5.32 Å². The smallest absolute Gasteiger partial charge is 0.269 e. The molecule has 0 saturated heterocycles. The fourth-order valence-electron chi connectivity index (χ4n) is 2.20. The lowest BCUT2D eigenvalue weighted by atomic mass is 10.1. The first kappa shape index (κ1) is 16.1. The maximum Gasteiger partial charge on any atom is 0.269 e. The van der Waals surface area contributed by atoms with Gasteiger partial charge in [-0.15, -0.1) is 0 Å². The lowest BCUT2D eigenvalue weighted by Crippen LogP contribution is -2.07. The van der Waals surface area contributed by atoms with E-state index in [9.17, 15) is 14.9 Å². The first-order valence-electron chi connectivity index (χ1n) is 7.46. The van der Waals surface area contributed by atoms with Crippen LogP contribution in [0.15, 0.2) is 66.7 Å². The number of carbonyl (C=O) groups excluding carboxylic acids is 1. The van der Waals surface area contributed by atoms with E-state index in [1.807, 2.05) is 30.3 Å². The molecule has 0 radical (unpaired) electrons.